The van der Waals surface area contributed by atoms with E-state index in [-0.39, 0.29) is 0 Å². The van der Waals surface area contributed by atoms with Gasteiger partial charge >= 0.3 is 0 Å². The van der Waals surface area contributed by atoms with Crippen LogP contribution in [0.25, 0.3) is 0 Å². The summed E-state index contributed by atoms with van der Waals surface area (Å²) in [5, 5.41) is 5.72. The van der Waals surface area contributed by atoms with E-state index in [4.69, 9.17) is 23.2 Å². The van der Waals surface area contributed by atoms with Crippen LogP contribution in [0, 0.1) is 0 Å². The third-order valence-electron chi connectivity index (χ3n) is 3.42. The molecule has 0 aromatic heterocycles. The monoisotopic (exact) mass is 303 g/mol. The van der Waals surface area contributed by atoms with E-state index in [1.165, 1.54) is 25.0 Å². The van der Waals surface area contributed by atoms with Crippen molar-refractivity contribution in [2.24, 2.45) is 0 Å². The molecule has 1 nitrogen and oxygen atoms in total. The fourth-order valence-electron chi connectivity index (χ4n) is 2.50. The van der Waals surface area contributed by atoms with Crippen LogP contribution in [0.5, 0.6) is 0 Å². The largest absolute Gasteiger partial charge is 0.309 e. The Labute approximate surface area is 124 Å². The Hall–Kier alpha value is 0.110. The SMILES string of the molecule is CCSC1CCCC1NCc1cccc(Cl)c1Cl. The van der Waals surface area contributed by atoms with Crippen molar-refractivity contribution in [1.82, 2.24) is 5.32 Å². The number of nitrogens with one attached hydrogen (secondary N) is 1. The zero-order valence-corrected chi connectivity index (χ0v) is 12.9. The van der Waals surface area contributed by atoms with E-state index in [0.717, 1.165) is 17.4 Å². The predicted molar refractivity (Wildman–Crippen MR) is 82.9 cm³/mol. The smallest absolute Gasteiger partial charge is 0.0637 e. The van der Waals surface area contributed by atoms with Crippen LogP contribution in [0.1, 0.15) is 31.7 Å². The first-order valence-electron chi connectivity index (χ1n) is 6.50. The van der Waals surface area contributed by atoms with Gasteiger partial charge < -0.3 is 5.32 Å². The second kappa shape index (κ2) is 7.04. The highest BCUT2D eigenvalue weighted by atomic mass is 35.5. The maximum atomic E-state index is 6.20. The summed E-state index contributed by atoms with van der Waals surface area (Å²) in [7, 11) is 0. The molecule has 1 aromatic rings. The normalized spacial score (nSPS) is 23.5. The lowest BCUT2D eigenvalue weighted by Crippen LogP contribution is -2.33. The summed E-state index contributed by atoms with van der Waals surface area (Å²) in [6.45, 7) is 3.04. The second-order valence-corrected chi connectivity index (χ2v) is 6.93. The third-order valence-corrected chi connectivity index (χ3v) is 5.60. The fraction of sp³-hybridized carbons (Fsp3) is 0.571. The molecule has 0 radical (unpaired) electrons. The Balaban J connectivity index is 1.93. The Morgan fingerprint density at radius 2 is 2.17 bits per heavy atom. The molecule has 0 aliphatic heterocycles. The van der Waals surface area contributed by atoms with Crippen LogP contribution in [0.2, 0.25) is 10.0 Å². The average molecular weight is 304 g/mol. The molecule has 0 saturated heterocycles. The van der Waals surface area contributed by atoms with Gasteiger partial charge in [-0.2, -0.15) is 11.8 Å². The molecule has 1 aliphatic carbocycles. The number of rotatable bonds is 5. The molecule has 18 heavy (non-hydrogen) atoms. The summed E-state index contributed by atoms with van der Waals surface area (Å²) < 4.78 is 0. The van der Waals surface area contributed by atoms with Gasteiger partial charge in [-0.05, 0) is 30.2 Å². The molecule has 2 unspecified atom stereocenters. The lowest BCUT2D eigenvalue weighted by atomic mass is 10.2. The van der Waals surface area contributed by atoms with E-state index in [1.807, 2.05) is 18.2 Å². The minimum absolute atomic E-state index is 0.616. The van der Waals surface area contributed by atoms with Crippen LogP contribution >= 0.6 is 35.0 Å². The maximum absolute atomic E-state index is 6.20. The minimum atomic E-state index is 0.616. The van der Waals surface area contributed by atoms with Gasteiger partial charge in [-0.1, -0.05) is 48.7 Å². The molecule has 2 atom stereocenters. The molecule has 1 aliphatic rings. The molecule has 0 heterocycles. The van der Waals surface area contributed by atoms with Crippen LogP contribution in [0.15, 0.2) is 18.2 Å². The van der Waals surface area contributed by atoms with Gasteiger partial charge in [0.1, 0.15) is 0 Å². The minimum Gasteiger partial charge on any atom is -0.309 e. The summed E-state index contributed by atoms with van der Waals surface area (Å²) in [6.07, 6.45) is 3.94. The van der Waals surface area contributed by atoms with Crippen LogP contribution in [0.3, 0.4) is 0 Å². The van der Waals surface area contributed by atoms with E-state index in [0.29, 0.717) is 16.1 Å². The molecule has 0 spiro atoms. The highest BCUT2D eigenvalue weighted by Crippen LogP contribution is 2.31. The molecule has 1 aromatic carbocycles. The molecule has 0 amide bonds. The Morgan fingerprint density at radius 3 is 2.94 bits per heavy atom. The Kier molecular flexibility index (Phi) is 5.68. The summed E-state index contributed by atoms with van der Waals surface area (Å²) in [6, 6.07) is 6.44. The molecule has 2 rings (SSSR count). The average Bonchev–Trinajstić information content (AvgIpc) is 2.79. The zero-order valence-electron chi connectivity index (χ0n) is 10.6. The van der Waals surface area contributed by atoms with Gasteiger partial charge in [-0.15, -0.1) is 0 Å². The molecule has 0 bridgehead atoms. The van der Waals surface area contributed by atoms with E-state index >= 15 is 0 Å². The van der Waals surface area contributed by atoms with Gasteiger partial charge in [-0.25, -0.2) is 0 Å². The predicted octanol–water partition coefficient (Wildman–Crippen LogP) is 4.76. The van der Waals surface area contributed by atoms with Crippen molar-refractivity contribution in [2.45, 2.75) is 44.0 Å². The van der Waals surface area contributed by atoms with Crippen LogP contribution in [-0.4, -0.2) is 17.0 Å². The summed E-state index contributed by atoms with van der Waals surface area (Å²) >= 11 is 14.3. The maximum Gasteiger partial charge on any atom is 0.0637 e. The van der Waals surface area contributed by atoms with Crippen LogP contribution in [0.4, 0.5) is 0 Å². The van der Waals surface area contributed by atoms with Crippen molar-refractivity contribution in [3.05, 3.63) is 33.8 Å². The van der Waals surface area contributed by atoms with Crippen molar-refractivity contribution >= 4 is 35.0 Å². The van der Waals surface area contributed by atoms with Gasteiger partial charge in [-0.3, -0.25) is 0 Å². The molecule has 1 saturated carbocycles. The molecular formula is C14H19Cl2NS. The lowest BCUT2D eigenvalue weighted by Gasteiger charge is -2.20. The van der Waals surface area contributed by atoms with E-state index in [2.05, 4.69) is 24.0 Å². The Bertz CT molecular complexity index is 397. The van der Waals surface area contributed by atoms with E-state index in [1.54, 1.807) is 0 Å². The molecule has 100 valence electrons. The van der Waals surface area contributed by atoms with Gasteiger partial charge in [0.25, 0.3) is 0 Å². The van der Waals surface area contributed by atoms with Crippen molar-refractivity contribution < 1.29 is 0 Å². The van der Waals surface area contributed by atoms with Crippen molar-refractivity contribution in [2.75, 3.05) is 5.75 Å². The van der Waals surface area contributed by atoms with Crippen molar-refractivity contribution in [3.63, 3.8) is 0 Å². The molecule has 1 N–H and O–H groups in total. The van der Waals surface area contributed by atoms with Crippen LogP contribution < -0.4 is 5.32 Å². The number of halogens is 2. The quantitative estimate of drug-likeness (QED) is 0.842. The number of hydrogen-bond acceptors (Lipinski definition) is 2. The van der Waals surface area contributed by atoms with Gasteiger partial charge in [0.2, 0.25) is 0 Å². The fourth-order valence-corrected chi connectivity index (χ4v) is 4.11. The molecule has 1 fully saturated rings. The number of thioether (sulfide) groups is 1. The highest BCUT2D eigenvalue weighted by molar-refractivity contribution is 7.99. The number of benzene rings is 1. The van der Waals surface area contributed by atoms with Gasteiger partial charge in [0, 0.05) is 17.8 Å². The third kappa shape index (κ3) is 3.57. The van der Waals surface area contributed by atoms with Crippen molar-refractivity contribution in [3.8, 4) is 0 Å². The van der Waals surface area contributed by atoms with Gasteiger partial charge in [0.15, 0.2) is 0 Å². The van der Waals surface area contributed by atoms with Gasteiger partial charge in [0.05, 0.1) is 10.0 Å². The Morgan fingerprint density at radius 1 is 1.33 bits per heavy atom. The molecule has 4 heteroatoms. The van der Waals surface area contributed by atoms with Crippen LogP contribution in [-0.2, 0) is 6.54 Å². The molecular weight excluding hydrogens is 285 g/mol. The first-order valence-corrected chi connectivity index (χ1v) is 8.30. The first-order chi connectivity index (χ1) is 8.72. The number of hydrogen-bond donors (Lipinski definition) is 1. The second-order valence-electron chi connectivity index (χ2n) is 4.63. The topological polar surface area (TPSA) is 12.0 Å². The summed E-state index contributed by atoms with van der Waals surface area (Å²) in [5.41, 5.74) is 1.09. The highest BCUT2D eigenvalue weighted by Gasteiger charge is 2.26. The van der Waals surface area contributed by atoms with E-state index in [9.17, 15) is 0 Å². The zero-order chi connectivity index (χ0) is 13.0. The summed E-state index contributed by atoms with van der Waals surface area (Å²) in [4.78, 5) is 0. The van der Waals surface area contributed by atoms with Crippen molar-refractivity contribution in [1.29, 1.82) is 0 Å². The lowest BCUT2D eigenvalue weighted by molar-refractivity contribution is 0.532. The van der Waals surface area contributed by atoms with E-state index < -0.39 is 0 Å². The summed E-state index contributed by atoms with van der Waals surface area (Å²) in [5.74, 6) is 1.20. The first kappa shape index (κ1) is 14.5. The standard InChI is InChI=1S/C14H19Cl2NS/c1-2-18-13-8-4-7-12(13)17-9-10-5-3-6-11(15)14(10)16/h3,5-6,12-13,17H,2,4,7-9H2,1H3.